The normalized spacial score (nSPS) is 18.5. The van der Waals surface area contributed by atoms with Crippen LogP contribution in [0.25, 0.3) is 0 Å². The molecule has 1 atom stereocenters. The summed E-state index contributed by atoms with van der Waals surface area (Å²) in [6.07, 6.45) is 0.654. The van der Waals surface area contributed by atoms with Crippen molar-refractivity contribution in [2.75, 3.05) is 38.2 Å². The van der Waals surface area contributed by atoms with Crippen LogP contribution < -0.4 is 9.64 Å². The maximum Gasteiger partial charge on any atom is 0.216 e. The van der Waals surface area contributed by atoms with Gasteiger partial charge in [0.05, 0.1) is 12.4 Å². The van der Waals surface area contributed by atoms with E-state index in [1.807, 2.05) is 31.2 Å². The van der Waals surface area contributed by atoms with Crippen molar-refractivity contribution in [3.63, 3.8) is 0 Å². The average Bonchev–Trinajstić information content (AvgIpc) is 2.54. The summed E-state index contributed by atoms with van der Waals surface area (Å²) in [4.78, 5) is 2.21. The molecule has 0 N–H and O–H groups in total. The number of piperazine rings is 1. The second-order valence-corrected chi connectivity index (χ2v) is 7.70. The third-order valence-electron chi connectivity index (χ3n) is 4.12. The van der Waals surface area contributed by atoms with E-state index in [9.17, 15) is 8.42 Å². The number of sulfonamides is 1. The Bertz CT molecular complexity index is 549. The van der Waals surface area contributed by atoms with Gasteiger partial charge in [-0.2, -0.15) is 4.31 Å². The van der Waals surface area contributed by atoms with E-state index in [0.29, 0.717) is 19.5 Å². The Hall–Kier alpha value is -1.27. The van der Waals surface area contributed by atoms with Gasteiger partial charge < -0.3 is 9.64 Å². The van der Waals surface area contributed by atoms with E-state index >= 15 is 0 Å². The minimum atomic E-state index is -3.14. The van der Waals surface area contributed by atoms with Crippen LogP contribution >= 0.6 is 0 Å². The molecule has 118 valence electrons. The first kappa shape index (κ1) is 16.1. The van der Waals surface area contributed by atoms with Gasteiger partial charge in [0.1, 0.15) is 5.75 Å². The molecule has 1 aromatic rings. The van der Waals surface area contributed by atoms with Crippen molar-refractivity contribution in [1.29, 1.82) is 0 Å². The van der Waals surface area contributed by atoms with Gasteiger partial charge in [0.2, 0.25) is 10.0 Å². The first-order chi connectivity index (χ1) is 9.98. The summed E-state index contributed by atoms with van der Waals surface area (Å²) >= 11 is 0. The van der Waals surface area contributed by atoms with Crippen molar-refractivity contribution in [2.45, 2.75) is 25.5 Å². The highest BCUT2D eigenvalue weighted by Crippen LogP contribution is 2.22. The number of methoxy groups -OCH3 is 1. The van der Waals surface area contributed by atoms with Crippen LogP contribution in [0.3, 0.4) is 0 Å². The highest BCUT2D eigenvalue weighted by molar-refractivity contribution is 7.89. The number of benzene rings is 1. The lowest BCUT2D eigenvalue weighted by molar-refractivity contribution is 0.379. The first-order valence-corrected chi connectivity index (χ1v) is 8.87. The minimum Gasteiger partial charge on any atom is -0.497 e. The Morgan fingerprint density at radius 2 is 1.71 bits per heavy atom. The van der Waals surface area contributed by atoms with E-state index in [-0.39, 0.29) is 5.25 Å². The Morgan fingerprint density at radius 1 is 1.14 bits per heavy atom. The van der Waals surface area contributed by atoms with Crippen LogP contribution in [0.4, 0.5) is 5.69 Å². The first-order valence-electron chi connectivity index (χ1n) is 7.37. The molecule has 0 aromatic heterocycles. The summed E-state index contributed by atoms with van der Waals surface area (Å²) in [6.45, 7) is 6.25. The van der Waals surface area contributed by atoms with Crippen LogP contribution in [-0.4, -0.2) is 51.3 Å². The Kier molecular flexibility index (Phi) is 5.11. The third kappa shape index (κ3) is 3.49. The van der Waals surface area contributed by atoms with E-state index in [2.05, 4.69) is 4.90 Å². The van der Waals surface area contributed by atoms with Gasteiger partial charge in [-0.1, -0.05) is 6.92 Å². The molecule has 1 saturated heterocycles. The molecule has 1 heterocycles. The van der Waals surface area contributed by atoms with Crippen LogP contribution in [0.2, 0.25) is 0 Å². The lowest BCUT2D eigenvalue weighted by Crippen LogP contribution is -2.50. The Labute approximate surface area is 127 Å². The number of ether oxygens (including phenoxy) is 1. The molecule has 0 saturated carbocycles. The second kappa shape index (κ2) is 6.66. The second-order valence-electron chi connectivity index (χ2n) is 5.35. The van der Waals surface area contributed by atoms with Crippen LogP contribution in [-0.2, 0) is 10.0 Å². The molecule has 0 spiro atoms. The molecule has 1 fully saturated rings. The zero-order chi connectivity index (χ0) is 15.5. The SMILES string of the molecule is CC[C@H](C)S(=O)(=O)N1CCN(c2ccc(OC)cc2)CC1. The van der Waals surface area contributed by atoms with Gasteiger partial charge in [0.15, 0.2) is 0 Å². The molecule has 2 rings (SSSR count). The van der Waals surface area contributed by atoms with Crippen molar-refractivity contribution in [3.8, 4) is 5.75 Å². The zero-order valence-corrected chi connectivity index (χ0v) is 13.8. The fraction of sp³-hybridized carbons (Fsp3) is 0.600. The van der Waals surface area contributed by atoms with Gasteiger partial charge in [-0.3, -0.25) is 0 Å². The van der Waals surface area contributed by atoms with E-state index in [0.717, 1.165) is 24.5 Å². The summed E-state index contributed by atoms with van der Waals surface area (Å²) in [5, 5.41) is -0.301. The predicted octanol–water partition coefficient (Wildman–Crippen LogP) is 1.95. The monoisotopic (exact) mass is 312 g/mol. The third-order valence-corrected chi connectivity index (χ3v) is 6.55. The summed E-state index contributed by atoms with van der Waals surface area (Å²) in [6, 6.07) is 7.88. The number of hydrogen-bond donors (Lipinski definition) is 0. The van der Waals surface area contributed by atoms with Gasteiger partial charge in [0.25, 0.3) is 0 Å². The van der Waals surface area contributed by atoms with E-state index in [4.69, 9.17) is 4.74 Å². The van der Waals surface area contributed by atoms with Crippen LogP contribution in [0.5, 0.6) is 5.75 Å². The fourth-order valence-electron chi connectivity index (χ4n) is 2.46. The van der Waals surface area contributed by atoms with Crippen LogP contribution in [0.15, 0.2) is 24.3 Å². The van der Waals surface area contributed by atoms with E-state index in [1.54, 1.807) is 18.3 Å². The molecule has 1 aliphatic rings. The molecule has 0 aliphatic carbocycles. The summed E-state index contributed by atoms with van der Waals surface area (Å²) in [5.41, 5.74) is 1.11. The largest absolute Gasteiger partial charge is 0.497 e. The zero-order valence-electron chi connectivity index (χ0n) is 12.9. The molecule has 1 aliphatic heterocycles. The molecule has 1 aromatic carbocycles. The number of anilines is 1. The molecular weight excluding hydrogens is 288 g/mol. The van der Waals surface area contributed by atoms with Gasteiger partial charge in [-0.15, -0.1) is 0 Å². The lowest BCUT2D eigenvalue weighted by atomic mass is 10.2. The molecule has 0 unspecified atom stereocenters. The molecule has 5 nitrogen and oxygen atoms in total. The smallest absolute Gasteiger partial charge is 0.216 e. The quantitative estimate of drug-likeness (QED) is 0.834. The highest BCUT2D eigenvalue weighted by Gasteiger charge is 2.30. The molecule has 0 bridgehead atoms. The topological polar surface area (TPSA) is 49.9 Å². The van der Waals surface area contributed by atoms with Gasteiger partial charge in [-0.05, 0) is 37.6 Å². The van der Waals surface area contributed by atoms with Gasteiger partial charge in [0, 0.05) is 31.9 Å². The lowest BCUT2D eigenvalue weighted by Gasteiger charge is -2.36. The van der Waals surface area contributed by atoms with Crippen molar-refractivity contribution >= 4 is 15.7 Å². The standard InChI is InChI=1S/C15H24N2O3S/c1-4-13(2)21(18,19)17-11-9-16(10-12-17)14-5-7-15(20-3)8-6-14/h5-8,13H,4,9-12H2,1-3H3/t13-/m0/s1. The van der Waals surface area contributed by atoms with Crippen molar-refractivity contribution in [1.82, 2.24) is 4.31 Å². The average molecular weight is 312 g/mol. The Morgan fingerprint density at radius 3 is 2.19 bits per heavy atom. The van der Waals surface area contributed by atoms with Crippen LogP contribution in [0.1, 0.15) is 20.3 Å². The van der Waals surface area contributed by atoms with Crippen molar-refractivity contribution in [3.05, 3.63) is 24.3 Å². The highest BCUT2D eigenvalue weighted by atomic mass is 32.2. The predicted molar refractivity (Wildman–Crippen MR) is 85.5 cm³/mol. The fourth-order valence-corrected chi connectivity index (χ4v) is 4.06. The number of hydrogen-bond acceptors (Lipinski definition) is 4. The van der Waals surface area contributed by atoms with Crippen molar-refractivity contribution < 1.29 is 13.2 Å². The van der Waals surface area contributed by atoms with E-state index < -0.39 is 10.0 Å². The van der Waals surface area contributed by atoms with Gasteiger partial charge in [-0.25, -0.2) is 8.42 Å². The molecule has 21 heavy (non-hydrogen) atoms. The maximum atomic E-state index is 12.3. The number of nitrogens with zero attached hydrogens (tertiary/aromatic N) is 2. The van der Waals surface area contributed by atoms with E-state index in [1.165, 1.54) is 0 Å². The van der Waals surface area contributed by atoms with Crippen molar-refractivity contribution in [2.24, 2.45) is 0 Å². The molecular formula is C15H24N2O3S. The molecule has 0 radical (unpaired) electrons. The molecule has 6 heteroatoms. The summed E-state index contributed by atoms with van der Waals surface area (Å²) in [5.74, 6) is 0.830. The molecule has 0 amide bonds. The number of rotatable bonds is 5. The van der Waals surface area contributed by atoms with Gasteiger partial charge >= 0.3 is 0 Å². The summed E-state index contributed by atoms with van der Waals surface area (Å²) in [7, 11) is -1.50. The minimum absolute atomic E-state index is 0.301. The maximum absolute atomic E-state index is 12.3. The Balaban J connectivity index is 1.99. The summed E-state index contributed by atoms with van der Waals surface area (Å²) < 4.78 is 31.4. The van der Waals surface area contributed by atoms with Crippen LogP contribution in [0, 0.1) is 0 Å².